The molecule has 2 N–H and O–H groups in total. The molecule has 0 aromatic heterocycles. The van der Waals surface area contributed by atoms with Crippen LogP contribution in [0, 0.1) is 12.1 Å². The van der Waals surface area contributed by atoms with E-state index in [0.717, 1.165) is 10.6 Å². The number of anilines is 3. The maximum atomic E-state index is 11.9. The fourth-order valence-corrected chi connectivity index (χ4v) is 1.44. The lowest BCUT2D eigenvalue weighted by Crippen LogP contribution is -2.06. The van der Waals surface area contributed by atoms with Crippen LogP contribution in [0.4, 0.5) is 17.1 Å². The molecule has 0 amide bonds. The lowest BCUT2D eigenvalue weighted by atomic mass is 10.2. The predicted molar refractivity (Wildman–Crippen MR) is 67.5 cm³/mol. The Labute approximate surface area is 94.7 Å². The van der Waals surface area contributed by atoms with Crippen molar-refractivity contribution in [2.24, 2.45) is 0 Å². The molecule has 0 fully saturated rings. The van der Waals surface area contributed by atoms with Crippen LogP contribution in [-0.4, -0.2) is 0 Å². The number of hydrogen-bond donors (Lipinski definition) is 1. The van der Waals surface area contributed by atoms with Gasteiger partial charge >= 0.3 is 0 Å². The molecule has 0 heterocycles. The first-order valence-electron chi connectivity index (χ1n) is 5.06. The van der Waals surface area contributed by atoms with Crippen molar-refractivity contribution in [3.05, 3.63) is 59.3 Å². The van der Waals surface area contributed by atoms with Gasteiger partial charge in [-0.2, -0.15) is 0 Å². The smallest absolute Gasteiger partial charge is 0.0315 e. The van der Waals surface area contributed by atoms with Crippen LogP contribution >= 0.6 is 0 Å². The Kier molecular flexibility index (Phi) is 2.79. The van der Waals surface area contributed by atoms with Crippen LogP contribution in [0.15, 0.2) is 48.5 Å². The number of aryl methyl sites for hydroxylation is 1. The van der Waals surface area contributed by atoms with Crippen molar-refractivity contribution in [3.8, 4) is 0 Å². The Hall–Kier alpha value is -2.00. The highest BCUT2D eigenvalue weighted by atomic mass is 16.5. The molecule has 3 nitrogen and oxygen atoms in total. The Balaban J connectivity index is 2.28. The Morgan fingerprint density at radius 2 is 1.31 bits per heavy atom. The summed E-state index contributed by atoms with van der Waals surface area (Å²) in [5.41, 5.74) is 8.55. The van der Waals surface area contributed by atoms with Gasteiger partial charge in [0.15, 0.2) is 0 Å². The monoisotopic (exact) mass is 213 g/mol. The number of benzene rings is 2. The lowest BCUT2D eigenvalue weighted by molar-refractivity contribution is 1.29. The Morgan fingerprint density at radius 1 is 0.875 bits per heavy atom. The molecule has 0 aliphatic rings. The zero-order valence-electron chi connectivity index (χ0n) is 9.05. The van der Waals surface area contributed by atoms with Crippen molar-refractivity contribution >= 4 is 17.1 Å². The van der Waals surface area contributed by atoms with Gasteiger partial charge in [-0.15, -0.1) is 0 Å². The van der Waals surface area contributed by atoms with Gasteiger partial charge in [0.1, 0.15) is 0 Å². The third kappa shape index (κ3) is 2.15. The molecule has 0 saturated heterocycles. The molecule has 82 valence electrons. The molecule has 2 rings (SSSR count). The summed E-state index contributed by atoms with van der Waals surface area (Å²) >= 11 is 0. The first-order chi connectivity index (χ1) is 7.66. The van der Waals surface area contributed by atoms with Crippen molar-refractivity contribution in [3.63, 3.8) is 0 Å². The molecule has 0 radical (unpaired) electrons. The fourth-order valence-electron chi connectivity index (χ4n) is 1.44. The van der Waals surface area contributed by atoms with Crippen molar-refractivity contribution in [2.45, 2.75) is 6.92 Å². The molecule has 0 bridgehead atoms. The quantitative estimate of drug-likeness (QED) is 0.615. The van der Waals surface area contributed by atoms with Crippen molar-refractivity contribution in [1.29, 1.82) is 0 Å². The standard InChI is InChI=1S/C13H13N2O/c1-10-2-6-12(7-3-10)15(16)13-8-4-11(14)5-9-13/h2-9H,14H2,1H3/q-1. The zero-order valence-corrected chi connectivity index (χ0v) is 9.05. The second-order valence-electron chi connectivity index (χ2n) is 3.72. The predicted octanol–water partition coefficient (Wildman–Crippen LogP) is 3.21. The summed E-state index contributed by atoms with van der Waals surface area (Å²) in [6.45, 7) is 1.99. The van der Waals surface area contributed by atoms with E-state index in [1.165, 1.54) is 0 Å². The van der Waals surface area contributed by atoms with Crippen molar-refractivity contribution < 1.29 is 0 Å². The van der Waals surface area contributed by atoms with Gasteiger partial charge in [-0.05, 0) is 43.3 Å². The number of hydrogen-bond acceptors (Lipinski definition) is 3. The van der Waals surface area contributed by atoms with Crippen LogP contribution in [0.5, 0.6) is 0 Å². The van der Waals surface area contributed by atoms with Gasteiger partial charge in [-0.1, -0.05) is 17.7 Å². The second-order valence-corrected chi connectivity index (χ2v) is 3.72. The van der Waals surface area contributed by atoms with Crippen LogP contribution in [0.3, 0.4) is 0 Å². The van der Waals surface area contributed by atoms with E-state index in [1.54, 1.807) is 36.4 Å². The van der Waals surface area contributed by atoms with Gasteiger partial charge in [0.25, 0.3) is 0 Å². The normalized spacial score (nSPS) is 10.1. The highest BCUT2D eigenvalue weighted by molar-refractivity contribution is 5.65. The molecule has 3 heteroatoms. The molecular formula is C13H13N2O-. The summed E-state index contributed by atoms with van der Waals surface area (Å²) < 4.78 is 0. The number of nitrogens with zero attached hydrogens (tertiary/aromatic N) is 1. The van der Waals surface area contributed by atoms with Crippen LogP contribution in [0.1, 0.15) is 5.56 Å². The van der Waals surface area contributed by atoms with E-state index in [2.05, 4.69) is 0 Å². The summed E-state index contributed by atoms with van der Waals surface area (Å²) in [6.07, 6.45) is 0. The average Bonchev–Trinajstić information content (AvgIpc) is 2.30. The zero-order chi connectivity index (χ0) is 11.5. The third-order valence-corrected chi connectivity index (χ3v) is 2.40. The molecule has 2 aromatic carbocycles. The molecule has 0 saturated carbocycles. The van der Waals surface area contributed by atoms with Crippen molar-refractivity contribution in [1.82, 2.24) is 0 Å². The van der Waals surface area contributed by atoms with Crippen LogP contribution in [0.2, 0.25) is 0 Å². The molecule has 16 heavy (non-hydrogen) atoms. The summed E-state index contributed by atoms with van der Waals surface area (Å²) in [5.74, 6) is 0. The molecule has 0 aliphatic carbocycles. The lowest BCUT2D eigenvalue weighted by Gasteiger charge is -2.30. The summed E-state index contributed by atoms with van der Waals surface area (Å²) in [7, 11) is 0. The molecule has 0 spiro atoms. The van der Waals surface area contributed by atoms with Gasteiger partial charge in [0, 0.05) is 17.1 Å². The van der Waals surface area contributed by atoms with Gasteiger partial charge < -0.3 is 16.0 Å². The average molecular weight is 213 g/mol. The van der Waals surface area contributed by atoms with E-state index in [-0.39, 0.29) is 0 Å². The van der Waals surface area contributed by atoms with E-state index in [9.17, 15) is 5.21 Å². The van der Waals surface area contributed by atoms with Crippen molar-refractivity contribution in [2.75, 3.05) is 10.8 Å². The highest BCUT2D eigenvalue weighted by Crippen LogP contribution is 2.24. The fraction of sp³-hybridized carbons (Fsp3) is 0.0769. The maximum absolute atomic E-state index is 11.9. The van der Waals surface area contributed by atoms with E-state index >= 15 is 0 Å². The van der Waals surface area contributed by atoms with Gasteiger partial charge in [-0.3, -0.25) is 0 Å². The first kappa shape index (κ1) is 10.5. The minimum Gasteiger partial charge on any atom is -0.754 e. The molecular weight excluding hydrogens is 200 g/mol. The second kappa shape index (κ2) is 4.24. The van der Waals surface area contributed by atoms with E-state index in [0.29, 0.717) is 17.1 Å². The molecule has 2 aromatic rings. The van der Waals surface area contributed by atoms with E-state index < -0.39 is 0 Å². The van der Waals surface area contributed by atoms with Gasteiger partial charge in [0.05, 0.1) is 0 Å². The SMILES string of the molecule is Cc1ccc(N([O-])c2ccc(N)cc2)cc1. The largest absolute Gasteiger partial charge is 0.754 e. The minimum atomic E-state index is 0.582. The van der Waals surface area contributed by atoms with E-state index in [1.807, 2.05) is 19.1 Å². The molecule has 0 unspecified atom stereocenters. The number of nitrogens with two attached hydrogens (primary N) is 1. The topological polar surface area (TPSA) is 52.3 Å². The maximum Gasteiger partial charge on any atom is 0.0315 e. The van der Waals surface area contributed by atoms with Crippen LogP contribution in [0.25, 0.3) is 0 Å². The van der Waals surface area contributed by atoms with E-state index in [4.69, 9.17) is 5.73 Å². The first-order valence-corrected chi connectivity index (χ1v) is 5.06. The van der Waals surface area contributed by atoms with Crippen LogP contribution < -0.4 is 10.8 Å². The summed E-state index contributed by atoms with van der Waals surface area (Å²) in [5, 5.41) is 12.8. The Bertz CT molecular complexity index is 417. The number of rotatable bonds is 2. The van der Waals surface area contributed by atoms with Gasteiger partial charge in [0.2, 0.25) is 0 Å². The van der Waals surface area contributed by atoms with Crippen LogP contribution in [-0.2, 0) is 0 Å². The molecule has 0 atom stereocenters. The summed E-state index contributed by atoms with van der Waals surface area (Å²) in [4.78, 5) is 0. The third-order valence-electron chi connectivity index (χ3n) is 2.40. The Morgan fingerprint density at radius 3 is 1.81 bits per heavy atom. The number of nitrogen functional groups attached to an aromatic ring is 1. The van der Waals surface area contributed by atoms with Gasteiger partial charge in [-0.25, -0.2) is 0 Å². The highest BCUT2D eigenvalue weighted by Gasteiger charge is 1.98. The molecule has 0 aliphatic heterocycles. The minimum absolute atomic E-state index is 0.582. The summed E-state index contributed by atoms with van der Waals surface area (Å²) in [6, 6.07) is 14.3.